The molecular weight excluding hydrogens is 362 g/mol. The van der Waals surface area contributed by atoms with E-state index in [2.05, 4.69) is 27.4 Å². The summed E-state index contributed by atoms with van der Waals surface area (Å²) in [5.74, 6) is -0.291. The Bertz CT molecular complexity index is 1150. The summed E-state index contributed by atoms with van der Waals surface area (Å²) < 4.78 is 0. The van der Waals surface area contributed by atoms with Crippen molar-refractivity contribution in [2.45, 2.75) is 26.2 Å². The van der Waals surface area contributed by atoms with Crippen LogP contribution in [0.1, 0.15) is 40.9 Å². The second-order valence-corrected chi connectivity index (χ2v) is 7.18. The van der Waals surface area contributed by atoms with Gasteiger partial charge in [0, 0.05) is 47.2 Å². The molecule has 0 aliphatic heterocycles. The minimum Gasteiger partial charge on any atom is -0.322 e. The maximum Gasteiger partial charge on any atom is 0.255 e. The third kappa shape index (κ3) is 3.97. The lowest BCUT2D eigenvalue weighted by atomic mass is 9.78. The van der Waals surface area contributed by atoms with E-state index in [1.807, 2.05) is 13.0 Å². The van der Waals surface area contributed by atoms with Crippen LogP contribution in [0.25, 0.3) is 11.1 Å². The minimum absolute atomic E-state index is 0.291. The summed E-state index contributed by atoms with van der Waals surface area (Å²) in [4.78, 5) is 20.8. The van der Waals surface area contributed by atoms with E-state index in [9.17, 15) is 15.3 Å². The van der Waals surface area contributed by atoms with E-state index in [0.29, 0.717) is 22.4 Å². The number of hydrogen-bond acceptors (Lipinski definition) is 5. The van der Waals surface area contributed by atoms with Gasteiger partial charge in [-0.25, -0.2) is 0 Å². The van der Waals surface area contributed by atoms with Gasteiger partial charge in [-0.1, -0.05) is 6.07 Å². The van der Waals surface area contributed by atoms with Gasteiger partial charge in [0.1, 0.15) is 6.07 Å². The van der Waals surface area contributed by atoms with Gasteiger partial charge in [-0.15, -0.1) is 0 Å². The Balaban J connectivity index is 2.21. The standard InChI is InChI=1S/C23H19N5O/c1-15-4-5-19(28-22(29)17-6-8-26-9-7-17)21(23(2,3)14-25)20(15)18-10-16(11-24)12-27-13-18/h4-10,12-13H,1-3H3,(H,28,29). The van der Waals surface area contributed by atoms with E-state index < -0.39 is 5.41 Å². The Hall–Kier alpha value is -4.03. The van der Waals surface area contributed by atoms with Crippen molar-refractivity contribution in [3.63, 3.8) is 0 Å². The molecule has 1 N–H and O–H groups in total. The van der Waals surface area contributed by atoms with Crippen molar-refractivity contribution in [1.82, 2.24) is 9.97 Å². The lowest BCUT2D eigenvalue weighted by Gasteiger charge is -2.26. The molecule has 1 amide bonds. The van der Waals surface area contributed by atoms with Crippen LogP contribution < -0.4 is 5.32 Å². The molecule has 142 valence electrons. The summed E-state index contributed by atoms with van der Waals surface area (Å²) in [7, 11) is 0. The third-order valence-corrected chi connectivity index (χ3v) is 4.66. The average Bonchev–Trinajstić information content (AvgIpc) is 2.75. The molecule has 0 unspecified atom stereocenters. The molecular formula is C23H19N5O. The number of aromatic nitrogens is 2. The number of rotatable bonds is 4. The van der Waals surface area contributed by atoms with Crippen molar-refractivity contribution in [3.8, 4) is 23.3 Å². The highest BCUT2D eigenvalue weighted by molar-refractivity contribution is 6.05. The second kappa shape index (κ2) is 7.92. The van der Waals surface area contributed by atoms with E-state index in [-0.39, 0.29) is 5.91 Å². The molecule has 0 fully saturated rings. The van der Waals surface area contributed by atoms with Crippen molar-refractivity contribution in [1.29, 1.82) is 10.5 Å². The first-order valence-corrected chi connectivity index (χ1v) is 8.99. The number of nitrogens with zero attached hydrogens (tertiary/aromatic N) is 4. The fraction of sp³-hybridized carbons (Fsp3) is 0.174. The zero-order valence-corrected chi connectivity index (χ0v) is 16.4. The van der Waals surface area contributed by atoms with Gasteiger partial charge < -0.3 is 5.32 Å². The largest absolute Gasteiger partial charge is 0.322 e. The van der Waals surface area contributed by atoms with Gasteiger partial charge in [0.2, 0.25) is 0 Å². The average molecular weight is 381 g/mol. The van der Waals surface area contributed by atoms with Crippen LogP contribution in [-0.4, -0.2) is 15.9 Å². The van der Waals surface area contributed by atoms with Crippen LogP contribution >= 0.6 is 0 Å². The van der Waals surface area contributed by atoms with Crippen LogP contribution in [0.15, 0.2) is 55.1 Å². The summed E-state index contributed by atoms with van der Waals surface area (Å²) in [6, 6.07) is 13.1. The molecule has 29 heavy (non-hydrogen) atoms. The quantitative estimate of drug-likeness (QED) is 0.722. The zero-order valence-electron chi connectivity index (χ0n) is 16.4. The third-order valence-electron chi connectivity index (χ3n) is 4.66. The van der Waals surface area contributed by atoms with Crippen molar-refractivity contribution < 1.29 is 4.79 Å². The second-order valence-electron chi connectivity index (χ2n) is 7.18. The summed E-state index contributed by atoms with van der Waals surface area (Å²) in [6.45, 7) is 5.53. The van der Waals surface area contributed by atoms with Crippen molar-refractivity contribution >= 4 is 11.6 Å². The monoisotopic (exact) mass is 381 g/mol. The highest BCUT2D eigenvalue weighted by Crippen LogP contribution is 2.40. The van der Waals surface area contributed by atoms with Gasteiger partial charge in [-0.05, 0) is 56.2 Å². The molecule has 3 aromatic rings. The number of carbonyl (C=O) groups is 1. The van der Waals surface area contributed by atoms with Crippen molar-refractivity contribution in [3.05, 3.63) is 77.4 Å². The predicted molar refractivity (Wildman–Crippen MR) is 110 cm³/mol. The fourth-order valence-electron chi connectivity index (χ4n) is 3.22. The summed E-state index contributed by atoms with van der Waals surface area (Å²) in [5, 5.41) is 22.0. The molecule has 0 aliphatic carbocycles. The van der Waals surface area contributed by atoms with Crippen LogP contribution in [0.4, 0.5) is 5.69 Å². The lowest BCUT2D eigenvalue weighted by Crippen LogP contribution is -2.21. The lowest BCUT2D eigenvalue weighted by molar-refractivity contribution is 0.102. The van der Waals surface area contributed by atoms with Crippen LogP contribution in [-0.2, 0) is 5.41 Å². The Kier molecular flexibility index (Phi) is 5.38. The number of nitrogens with one attached hydrogen (secondary N) is 1. The highest BCUT2D eigenvalue weighted by Gasteiger charge is 2.29. The number of aryl methyl sites for hydroxylation is 1. The number of carbonyl (C=O) groups excluding carboxylic acids is 1. The normalized spacial score (nSPS) is 10.7. The molecule has 1 aromatic carbocycles. The van der Waals surface area contributed by atoms with Gasteiger partial charge in [-0.2, -0.15) is 10.5 Å². The molecule has 3 rings (SSSR count). The minimum atomic E-state index is -0.898. The number of hydrogen-bond donors (Lipinski definition) is 1. The molecule has 0 saturated heterocycles. The molecule has 2 aromatic heterocycles. The molecule has 0 saturated carbocycles. The summed E-state index contributed by atoms with van der Waals surface area (Å²) >= 11 is 0. The maximum atomic E-state index is 12.7. The van der Waals surface area contributed by atoms with E-state index in [1.165, 1.54) is 6.20 Å². The SMILES string of the molecule is Cc1ccc(NC(=O)c2ccncc2)c(C(C)(C)C#N)c1-c1cncc(C#N)c1. The molecule has 0 atom stereocenters. The Morgan fingerprint density at radius 1 is 1.07 bits per heavy atom. The van der Waals surface area contributed by atoms with Crippen LogP contribution in [0.2, 0.25) is 0 Å². The van der Waals surface area contributed by atoms with Gasteiger partial charge in [0.25, 0.3) is 5.91 Å². The number of nitriles is 2. The number of amides is 1. The first-order valence-electron chi connectivity index (χ1n) is 8.99. The molecule has 0 radical (unpaired) electrons. The summed E-state index contributed by atoms with van der Waals surface area (Å²) in [6.07, 6.45) is 6.25. The van der Waals surface area contributed by atoms with Gasteiger partial charge in [0.05, 0.1) is 17.0 Å². The smallest absolute Gasteiger partial charge is 0.255 e. The number of benzene rings is 1. The molecule has 6 heteroatoms. The van der Waals surface area contributed by atoms with Gasteiger partial charge in [-0.3, -0.25) is 14.8 Å². The van der Waals surface area contributed by atoms with Crippen LogP contribution in [0.5, 0.6) is 0 Å². The molecule has 0 spiro atoms. The Morgan fingerprint density at radius 2 is 1.79 bits per heavy atom. The predicted octanol–water partition coefficient (Wildman–Crippen LogP) is 4.38. The molecule has 0 aliphatic rings. The van der Waals surface area contributed by atoms with E-state index in [0.717, 1.165) is 16.7 Å². The van der Waals surface area contributed by atoms with Crippen molar-refractivity contribution in [2.75, 3.05) is 5.32 Å². The zero-order chi connectivity index (χ0) is 21.0. The Labute approximate surface area is 169 Å². The topological polar surface area (TPSA) is 102 Å². The molecule has 6 nitrogen and oxygen atoms in total. The van der Waals surface area contributed by atoms with E-state index in [4.69, 9.17) is 0 Å². The van der Waals surface area contributed by atoms with Crippen molar-refractivity contribution in [2.24, 2.45) is 0 Å². The number of pyridine rings is 2. The first-order chi connectivity index (χ1) is 13.9. The fourth-order valence-corrected chi connectivity index (χ4v) is 3.22. The Morgan fingerprint density at radius 3 is 2.45 bits per heavy atom. The van der Waals surface area contributed by atoms with Gasteiger partial charge in [0.15, 0.2) is 0 Å². The number of anilines is 1. The molecule has 2 heterocycles. The maximum absolute atomic E-state index is 12.7. The summed E-state index contributed by atoms with van der Waals surface area (Å²) in [5.41, 5.74) is 3.64. The van der Waals surface area contributed by atoms with E-state index in [1.54, 1.807) is 56.7 Å². The first kappa shape index (κ1) is 19.7. The van der Waals surface area contributed by atoms with Gasteiger partial charge >= 0.3 is 0 Å². The van der Waals surface area contributed by atoms with Crippen LogP contribution in [0, 0.1) is 29.6 Å². The van der Waals surface area contributed by atoms with Crippen LogP contribution in [0.3, 0.4) is 0 Å². The van der Waals surface area contributed by atoms with E-state index >= 15 is 0 Å². The highest BCUT2D eigenvalue weighted by atomic mass is 16.1. The molecule has 0 bridgehead atoms.